The zero-order valence-corrected chi connectivity index (χ0v) is 17.5. The fourth-order valence-corrected chi connectivity index (χ4v) is 4.31. The molecule has 2 aromatic rings. The zero-order chi connectivity index (χ0) is 21.1. The van der Waals surface area contributed by atoms with Crippen molar-refractivity contribution in [2.45, 2.75) is 44.0 Å². The van der Waals surface area contributed by atoms with Gasteiger partial charge in [-0.2, -0.15) is 0 Å². The van der Waals surface area contributed by atoms with E-state index in [0.717, 1.165) is 48.4 Å². The molecule has 158 valence electrons. The van der Waals surface area contributed by atoms with E-state index in [4.69, 9.17) is 15.1 Å². The van der Waals surface area contributed by atoms with Gasteiger partial charge in [0.05, 0.1) is 23.8 Å². The topological polar surface area (TPSA) is 90.3 Å². The molecule has 7 nitrogen and oxygen atoms in total. The molecule has 3 N–H and O–H groups in total. The first-order valence-electron chi connectivity index (χ1n) is 10.5. The molecule has 1 amide bonds. The molecule has 2 saturated heterocycles. The highest BCUT2D eigenvalue weighted by Gasteiger charge is 2.38. The van der Waals surface area contributed by atoms with Crippen LogP contribution in [0.5, 0.6) is 0 Å². The number of carbonyl (C=O) groups is 1. The second-order valence-electron chi connectivity index (χ2n) is 7.94. The van der Waals surface area contributed by atoms with Gasteiger partial charge < -0.3 is 15.0 Å². The Balaban J connectivity index is 1.70. The van der Waals surface area contributed by atoms with Crippen LogP contribution in [0.3, 0.4) is 0 Å². The number of carbonyl (C=O) groups excluding carboxylic acids is 1. The predicted molar refractivity (Wildman–Crippen MR) is 117 cm³/mol. The van der Waals surface area contributed by atoms with Gasteiger partial charge in [-0.05, 0) is 32.4 Å². The monoisotopic (exact) mass is 407 g/mol. The van der Waals surface area contributed by atoms with Crippen LogP contribution < -0.4 is 10.6 Å². The average molecular weight is 408 g/mol. The quantitative estimate of drug-likeness (QED) is 0.641. The predicted octanol–water partition coefficient (Wildman–Crippen LogP) is 2.93. The number of aromatic nitrogens is 1. The van der Waals surface area contributed by atoms with Crippen molar-refractivity contribution in [3.05, 3.63) is 59.4 Å². The van der Waals surface area contributed by atoms with Crippen LogP contribution in [0.4, 0.5) is 5.69 Å². The molecular weight excluding hydrogens is 378 g/mol. The molecule has 1 aromatic heterocycles. The molecule has 0 radical (unpaired) electrons. The Morgan fingerprint density at radius 1 is 1.27 bits per heavy atom. The third kappa shape index (κ3) is 4.08. The standard InChI is InChI=1S/C23H29N5O2/c1-25-23-17(13-21(29)28(23)2)18-12-16(22(24)15-8-4-3-5-9-15)19(14-26-18)27-20-10-6-7-11-30-20/h3-5,8-9,12,14,17,20,23-25,27H,6-7,10-11,13H2,1-2H3. The summed E-state index contributed by atoms with van der Waals surface area (Å²) in [4.78, 5) is 18.7. The highest BCUT2D eigenvalue weighted by atomic mass is 16.5. The SMILES string of the molecule is CNC1C(c2cc(C(=N)c3ccccc3)c(NC3CCCCO3)cn2)CC(=O)N1C. The Hall–Kier alpha value is -2.77. The van der Waals surface area contributed by atoms with E-state index in [9.17, 15) is 4.79 Å². The van der Waals surface area contributed by atoms with E-state index >= 15 is 0 Å². The van der Waals surface area contributed by atoms with Gasteiger partial charge in [-0.25, -0.2) is 0 Å². The van der Waals surface area contributed by atoms with Crippen LogP contribution in [0.25, 0.3) is 0 Å². The summed E-state index contributed by atoms with van der Waals surface area (Å²) < 4.78 is 5.84. The second kappa shape index (κ2) is 8.93. The van der Waals surface area contributed by atoms with Crippen molar-refractivity contribution in [1.82, 2.24) is 15.2 Å². The van der Waals surface area contributed by atoms with E-state index in [1.807, 2.05) is 50.5 Å². The number of hydrogen-bond acceptors (Lipinski definition) is 6. The molecule has 3 heterocycles. The number of nitrogens with one attached hydrogen (secondary N) is 3. The smallest absolute Gasteiger partial charge is 0.224 e. The molecule has 3 unspecified atom stereocenters. The van der Waals surface area contributed by atoms with Crippen LogP contribution in [0.15, 0.2) is 42.6 Å². The first kappa shape index (κ1) is 20.5. The number of nitrogens with zero attached hydrogens (tertiary/aromatic N) is 2. The number of pyridine rings is 1. The van der Waals surface area contributed by atoms with Crippen molar-refractivity contribution in [2.75, 3.05) is 26.0 Å². The molecule has 0 saturated carbocycles. The lowest BCUT2D eigenvalue weighted by molar-refractivity contribution is -0.127. The van der Waals surface area contributed by atoms with Crippen molar-refractivity contribution in [3.63, 3.8) is 0 Å². The molecular formula is C23H29N5O2. The fourth-order valence-electron chi connectivity index (χ4n) is 4.31. The van der Waals surface area contributed by atoms with Gasteiger partial charge >= 0.3 is 0 Å². The molecule has 0 bridgehead atoms. The molecule has 0 aliphatic carbocycles. The normalized spacial score (nSPS) is 24.1. The van der Waals surface area contributed by atoms with Gasteiger partial charge in [-0.15, -0.1) is 0 Å². The van der Waals surface area contributed by atoms with Gasteiger partial charge in [-0.3, -0.25) is 20.5 Å². The summed E-state index contributed by atoms with van der Waals surface area (Å²) in [5.74, 6) is 0.0356. The van der Waals surface area contributed by atoms with E-state index in [2.05, 4.69) is 10.6 Å². The van der Waals surface area contributed by atoms with Gasteiger partial charge in [0.25, 0.3) is 0 Å². The Morgan fingerprint density at radius 2 is 2.07 bits per heavy atom. The van der Waals surface area contributed by atoms with Crippen LogP contribution >= 0.6 is 0 Å². The van der Waals surface area contributed by atoms with Gasteiger partial charge in [0, 0.05) is 42.8 Å². The lowest BCUT2D eigenvalue weighted by Crippen LogP contribution is -2.41. The number of benzene rings is 1. The van der Waals surface area contributed by atoms with Gasteiger partial charge in [0.2, 0.25) is 5.91 Å². The number of anilines is 1. The maximum atomic E-state index is 12.3. The summed E-state index contributed by atoms with van der Waals surface area (Å²) in [6.07, 6.45) is 5.15. The minimum Gasteiger partial charge on any atom is -0.359 e. The van der Waals surface area contributed by atoms with E-state index in [1.165, 1.54) is 0 Å². The lowest BCUT2D eigenvalue weighted by Gasteiger charge is -2.27. The fraction of sp³-hybridized carbons (Fsp3) is 0.435. The third-order valence-corrected chi connectivity index (χ3v) is 6.02. The van der Waals surface area contributed by atoms with Crippen LogP contribution in [0, 0.1) is 5.41 Å². The first-order chi connectivity index (χ1) is 14.6. The summed E-state index contributed by atoms with van der Waals surface area (Å²) >= 11 is 0. The highest BCUT2D eigenvalue weighted by Crippen LogP contribution is 2.33. The maximum Gasteiger partial charge on any atom is 0.224 e. The van der Waals surface area contributed by atoms with Gasteiger partial charge in [0.15, 0.2) is 0 Å². The number of hydrogen-bond donors (Lipinski definition) is 3. The molecule has 2 aliphatic rings. The molecule has 7 heteroatoms. The Morgan fingerprint density at radius 3 is 2.77 bits per heavy atom. The van der Waals surface area contributed by atoms with Gasteiger partial charge in [-0.1, -0.05) is 30.3 Å². The van der Waals surface area contributed by atoms with Crippen molar-refractivity contribution in [2.24, 2.45) is 0 Å². The molecule has 30 heavy (non-hydrogen) atoms. The summed E-state index contributed by atoms with van der Waals surface area (Å²) in [6.45, 7) is 0.745. The van der Waals surface area contributed by atoms with E-state index in [1.54, 1.807) is 11.1 Å². The molecule has 2 aliphatic heterocycles. The van der Waals surface area contributed by atoms with Crippen LogP contribution in [0.2, 0.25) is 0 Å². The lowest BCUT2D eigenvalue weighted by atomic mass is 9.95. The average Bonchev–Trinajstić information content (AvgIpc) is 3.08. The van der Waals surface area contributed by atoms with E-state index in [-0.39, 0.29) is 24.2 Å². The van der Waals surface area contributed by atoms with E-state index < -0.39 is 0 Å². The maximum absolute atomic E-state index is 12.3. The highest BCUT2D eigenvalue weighted by molar-refractivity contribution is 6.14. The summed E-state index contributed by atoms with van der Waals surface area (Å²) in [5, 5.41) is 15.5. The number of likely N-dealkylation sites (tertiary alicyclic amines) is 1. The van der Waals surface area contributed by atoms with Crippen LogP contribution in [0.1, 0.15) is 48.4 Å². The Kier molecular flexibility index (Phi) is 6.11. The van der Waals surface area contributed by atoms with Crippen LogP contribution in [-0.4, -0.2) is 54.6 Å². The molecule has 3 atom stereocenters. The zero-order valence-electron chi connectivity index (χ0n) is 17.5. The summed E-state index contributed by atoms with van der Waals surface area (Å²) in [7, 11) is 3.67. The largest absolute Gasteiger partial charge is 0.359 e. The molecule has 4 rings (SSSR count). The van der Waals surface area contributed by atoms with E-state index in [0.29, 0.717) is 12.1 Å². The summed E-state index contributed by atoms with van der Waals surface area (Å²) in [6, 6.07) is 11.7. The Bertz CT molecular complexity index is 911. The second-order valence-corrected chi connectivity index (χ2v) is 7.94. The Labute approximate surface area is 177 Å². The van der Waals surface area contributed by atoms with Crippen molar-refractivity contribution in [1.29, 1.82) is 5.41 Å². The first-order valence-corrected chi connectivity index (χ1v) is 10.5. The number of ether oxygens (including phenoxy) is 1. The molecule has 0 spiro atoms. The molecule has 2 fully saturated rings. The number of amides is 1. The minimum absolute atomic E-state index is 0.0604. The summed E-state index contributed by atoms with van der Waals surface area (Å²) in [5.41, 5.74) is 3.65. The van der Waals surface area contributed by atoms with Crippen molar-refractivity contribution < 1.29 is 9.53 Å². The number of rotatable bonds is 6. The van der Waals surface area contributed by atoms with Crippen molar-refractivity contribution in [3.8, 4) is 0 Å². The minimum atomic E-state index is -0.107. The third-order valence-electron chi connectivity index (χ3n) is 6.02. The molecule has 1 aromatic carbocycles. The number of likely N-dealkylation sites (N-methyl/N-ethyl adjacent to an activating group) is 2. The van der Waals surface area contributed by atoms with Crippen molar-refractivity contribution >= 4 is 17.3 Å². The van der Waals surface area contributed by atoms with Crippen LogP contribution in [-0.2, 0) is 9.53 Å². The van der Waals surface area contributed by atoms with Gasteiger partial charge in [0.1, 0.15) is 6.23 Å².